The van der Waals surface area contributed by atoms with Crippen LogP contribution in [0, 0.1) is 11.3 Å². The minimum atomic E-state index is -1.18. The molecule has 1 saturated carbocycles. The summed E-state index contributed by atoms with van der Waals surface area (Å²) in [5.41, 5.74) is -0.112. The van der Waals surface area contributed by atoms with Crippen molar-refractivity contribution < 1.29 is 23.8 Å². The van der Waals surface area contributed by atoms with Gasteiger partial charge in [0.2, 0.25) is 5.76 Å². The van der Waals surface area contributed by atoms with Crippen LogP contribution in [0.1, 0.15) is 41.4 Å². The molecule has 0 radical (unpaired) electrons. The van der Waals surface area contributed by atoms with Crippen molar-refractivity contribution in [3.8, 4) is 0 Å². The molecule has 2 fully saturated rings. The highest BCUT2D eigenvalue weighted by Crippen LogP contribution is 2.52. The van der Waals surface area contributed by atoms with Gasteiger partial charge >= 0.3 is 5.97 Å². The summed E-state index contributed by atoms with van der Waals surface area (Å²) in [5.74, 6) is -1.42. The van der Waals surface area contributed by atoms with E-state index >= 15 is 0 Å². The quantitative estimate of drug-likeness (QED) is 0.875. The number of hydrogen-bond acceptors (Lipinski definition) is 4. The summed E-state index contributed by atoms with van der Waals surface area (Å²) in [4.78, 5) is 22.9. The molecule has 6 heteroatoms. The number of rotatable bonds is 3. The number of amides is 1. The number of carboxylic acids is 1. The Kier molecular flexibility index (Phi) is 2.86. The van der Waals surface area contributed by atoms with E-state index in [9.17, 15) is 9.59 Å². The smallest absolute Gasteiger partial charge is 0.371 e. The highest BCUT2D eigenvalue weighted by molar-refractivity contribution is 5.93. The van der Waals surface area contributed by atoms with Crippen LogP contribution in [-0.4, -0.2) is 35.7 Å². The lowest BCUT2D eigenvalue weighted by Gasteiger charge is -2.54. The van der Waals surface area contributed by atoms with E-state index in [2.05, 4.69) is 19.2 Å². The molecular formula is C14H17NO5. The second-order valence-corrected chi connectivity index (χ2v) is 5.99. The predicted molar refractivity (Wildman–Crippen MR) is 68.5 cm³/mol. The van der Waals surface area contributed by atoms with Gasteiger partial charge in [-0.1, -0.05) is 13.8 Å². The van der Waals surface area contributed by atoms with Gasteiger partial charge < -0.3 is 19.6 Å². The maximum absolute atomic E-state index is 12.1. The standard InChI is InChI=1S/C14H17NO5/c1-14(2)10(7-5-6-19-11(7)14)15-12(16)8-3-4-9(20-8)13(17)18/h3-4,7,10-11H,5-6H2,1-2H3,(H,15,16)(H,17,18)/t7-,10+,11+/m0/s1. The van der Waals surface area contributed by atoms with Crippen LogP contribution >= 0.6 is 0 Å². The van der Waals surface area contributed by atoms with E-state index < -0.39 is 5.97 Å². The number of aromatic carboxylic acids is 1. The Morgan fingerprint density at radius 1 is 1.35 bits per heavy atom. The first-order chi connectivity index (χ1) is 9.41. The van der Waals surface area contributed by atoms with Crippen molar-refractivity contribution in [3.05, 3.63) is 23.7 Å². The van der Waals surface area contributed by atoms with Crippen molar-refractivity contribution in [1.29, 1.82) is 0 Å². The van der Waals surface area contributed by atoms with Gasteiger partial charge in [-0.15, -0.1) is 0 Å². The van der Waals surface area contributed by atoms with Crippen molar-refractivity contribution >= 4 is 11.9 Å². The Balaban J connectivity index is 1.71. The van der Waals surface area contributed by atoms with Crippen LogP contribution in [0.5, 0.6) is 0 Å². The van der Waals surface area contributed by atoms with Crippen molar-refractivity contribution in [2.24, 2.45) is 11.3 Å². The molecule has 3 atom stereocenters. The number of hydrogen-bond donors (Lipinski definition) is 2. The molecule has 108 valence electrons. The number of carbonyl (C=O) groups excluding carboxylic acids is 1. The fraction of sp³-hybridized carbons (Fsp3) is 0.571. The molecule has 1 aromatic rings. The van der Waals surface area contributed by atoms with E-state index in [1.54, 1.807) is 0 Å². The highest BCUT2D eigenvalue weighted by atomic mass is 16.5. The van der Waals surface area contributed by atoms with Crippen LogP contribution in [0.3, 0.4) is 0 Å². The molecule has 0 unspecified atom stereocenters. The van der Waals surface area contributed by atoms with Gasteiger partial charge in [0.15, 0.2) is 5.76 Å². The van der Waals surface area contributed by atoms with Crippen LogP contribution in [0.2, 0.25) is 0 Å². The van der Waals surface area contributed by atoms with Crippen LogP contribution in [-0.2, 0) is 4.74 Å². The zero-order chi connectivity index (χ0) is 14.5. The number of furan rings is 1. The third-order valence-electron chi connectivity index (χ3n) is 4.43. The molecule has 1 amide bonds. The lowest BCUT2D eigenvalue weighted by molar-refractivity contribution is -0.109. The molecule has 6 nitrogen and oxygen atoms in total. The maximum atomic E-state index is 12.1. The normalized spacial score (nSPS) is 30.4. The summed E-state index contributed by atoms with van der Waals surface area (Å²) in [7, 11) is 0. The average molecular weight is 279 g/mol. The monoisotopic (exact) mass is 279 g/mol. The largest absolute Gasteiger partial charge is 0.475 e. The van der Waals surface area contributed by atoms with Gasteiger partial charge in [0.05, 0.1) is 6.10 Å². The molecule has 1 aliphatic carbocycles. The molecule has 3 rings (SSSR count). The summed E-state index contributed by atoms with van der Waals surface area (Å²) in [5, 5.41) is 11.7. The van der Waals surface area contributed by atoms with E-state index in [4.69, 9.17) is 14.3 Å². The third-order valence-corrected chi connectivity index (χ3v) is 4.43. The number of nitrogens with one attached hydrogen (secondary N) is 1. The summed E-state index contributed by atoms with van der Waals surface area (Å²) in [6.45, 7) is 4.86. The second kappa shape index (κ2) is 4.34. The molecule has 0 spiro atoms. The number of carbonyl (C=O) groups is 2. The Morgan fingerprint density at radius 3 is 2.70 bits per heavy atom. The van der Waals surface area contributed by atoms with Crippen molar-refractivity contribution in [1.82, 2.24) is 5.32 Å². The molecule has 0 bridgehead atoms. The third kappa shape index (κ3) is 1.83. The zero-order valence-electron chi connectivity index (χ0n) is 11.4. The van der Waals surface area contributed by atoms with E-state index in [1.165, 1.54) is 12.1 Å². The van der Waals surface area contributed by atoms with E-state index in [-0.39, 0.29) is 35.0 Å². The molecular weight excluding hydrogens is 262 g/mol. The first kappa shape index (κ1) is 13.2. The topological polar surface area (TPSA) is 88.8 Å². The highest BCUT2D eigenvalue weighted by Gasteiger charge is 2.59. The minimum Gasteiger partial charge on any atom is -0.475 e. The Hall–Kier alpha value is -1.82. The van der Waals surface area contributed by atoms with Gasteiger partial charge in [0, 0.05) is 24.0 Å². The van der Waals surface area contributed by atoms with Gasteiger partial charge in [0.1, 0.15) is 0 Å². The zero-order valence-corrected chi connectivity index (χ0v) is 11.4. The second-order valence-electron chi connectivity index (χ2n) is 5.99. The maximum Gasteiger partial charge on any atom is 0.371 e. The predicted octanol–water partition coefficient (Wildman–Crippen LogP) is 1.52. The van der Waals surface area contributed by atoms with Crippen molar-refractivity contribution in [2.45, 2.75) is 32.4 Å². The van der Waals surface area contributed by atoms with Crippen LogP contribution < -0.4 is 5.32 Å². The number of fused-ring (bicyclic) bond motifs is 1. The van der Waals surface area contributed by atoms with Gasteiger partial charge in [0.25, 0.3) is 5.91 Å². The summed E-state index contributed by atoms with van der Waals surface area (Å²) >= 11 is 0. The molecule has 20 heavy (non-hydrogen) atoms. The minimum absolute atomic E-state index is 0.0283. The average Bonchev–Trinajstić information content (AvgIpc) is 3.03. The van der Waals surface area contributed by atoms with Crippen molar-refractivity contribution in [3.63, 3.8) is 0 Å². The first-order valence-corrected chi connectivity index (χ1v) is 6.67. The Labute approximate surface area is 116 Å². The van der Waals surface area contributed by atoms with Crippen LogP contribution in [0.4, 0.5) is 0 Å². The molecule has 0 aromatic carbocycles. The fourth-order valence-electron chi connectivity index (χ4n) is 3.40. The van der Waals surface area contributed by atoms with Gasteiger partial charge in [-0.3, -0.25) is 4.79 Å². The SMILES string of the molecule is CC1(C)[C@H](NC(=O)c2ccc(C(=O)O)o2)[C@@H]2CCO[C@H]21. The van der Waals surface area contributed by atoms with E-state index in [1.807, 2.05) is 0 Å². The Morgan fingerprint density at radius 2 is 2.05 bits per heavy atom. The Bertz CT molecular complexity index is 562. The van der Waals surface area contributed by atoms with E-state index in [0.29, 0.717) is 5.92 Å². The van der Waals surface area contributed by atoms with Crippen LogP contribution in [0.15, 0.2) is 16.5 Å². The number of ether oxygens (including phenoxy) is 1. The van der Waals surface area contributed by atoms with Gasteiger partial charge in [-0.25, -0.2) is 4.79 Å². The first-order valence-electron chi connectivity index (χ1n) is 6.67. The molecule has 1 aromatic heterocycles. The lowest BCUT2D eigenvalue weighted by Crippen LogP contribution is -2.66. The summed E-state index contributed by atoms with van der Waals surface area (Å²) in [6, 6.07) is 2.69. The molecule has 2 aliphatic rings. The lowest BCUT2D eigenvalue weighted by atomic mass is 9.57. The molecule has 2 N–H and O–H groups in total. The molecule has 1 saturated heterocycles. The number of carboxylic acid groups (broad SMARTS) is 1. The van der Waals surface area contributed by atoms with Gasteiger partial charge in [-0.2, -0.15) is 0 Å². The van der Waals surface area contributed by atoms with Crippen molar-refractivity contribution in [2.75, 3.05) is 6.61 Å². The molecule has 1 aliphatic heterocycles. The van der Waals surface area contributed by atoms with E-state index in [0.717, 1.165) is 13.0 Å². The fourth-order valence-corrected chi connectivity index (χ4v) is 3.40. The summed E-state index contributed by atoms with van der Waals surface area (Å²) in [6.07, 6.45) is 1.14. The van der Waals surface area contributed by atoms with Gasteiger partial charge in [-0.05, 0) is 18.6 Å². The van der Waals surface area contributed by atoms with Crippen LogP contribution in [0.25, 0.3) is 0 Å². The summed E-state index contributed by atoms with van der Waals surface area (Å²) < 4.78 is 10.7. The molecule has 2 heterocycles.